The molecule has 0 bridgehead atoms. The van der Waals surface area contributed by atoms with Crippen molar-refractivity contribution in [2.24, 2.45) is 5.84 Å². The fourth-order valence-corrected chi connectivity index (χ4v) is 2.86. The van der Waals surface area contributed by atoms with Crippen molar-refractivity contribution >= 4 is 5.91 Å². The van der Waals surface area contributed by atoms with Crippen LogP contribution in [0.15, 0.2) is 91.0 Å². The van der Waals surface area contributed by atoms with Gasteiger partial charge in [-0.05, 0) is 54.6 Å². The summed E-state index contributed by atoms with van der Waals surface area (Å²) in [6, 6.07) is 28.5. The topological polar surface area (TPSA) is 82.2 Å². The Labute approximate surface area is 162 Å². The second-order valence-electron chi connectivity index (χ2n) is 6.08. The fourth-order valence-electron chi connectivity index (χ4n) is 2.86. The van der Waals surface area contributed by atoms with Crippen molar-refractivity contribution in [2.45, 2.75) is 0 Å². The number of aromatic nitrogens is 2. The van der Waals surface area contributed by atoms with Gasteiger partial charge in [0, 0.05) is 5.56 Å². The molecule has 28 heavy (non-hydrogen) atoms. The van der Waals surface area contributed by atoms with Crippen LogP contribution in [0.5, 0.6) is 11.5 Å². The van der Waals surface area contributed by atoms with Crippen LogP contribution in [0.2, 0.25) is 0 Å². The van der Waals surface area contributed by atoms with Crippen LogP contribution >= 0.6 is 0 Å². The minimum Gasteiger partial charge on any atom is -0.457 e. The highest BCUT2D eigenvalue weighted by Gasteiger charge is 2.16. The van der Waals surface area contributed by atoms with Gasteiger partial charge in [0.1, 0.15) is 11.5 Å². The van der Waals surface area contributed by atoms with Crippen LogP contribution in [0.4, 0.5) is 0 Å². The van der Waals surface area contributed by atoms with Crippen LogP contribution in [0.3, 0.4) is 0 Å². The third-order valence-corrected chi connectivity index (χ3v) is 4.20. The zero-order valence-electron chi connectivity index (χ0n) is 14.9. The minimum atomic E-state index is -0.444. The molecule has 0 unspecified atom stereocenters. The van der Waals surface area contributed by atoms with Gasteiger partial charge in [0.25, 0.3) is 5.91 Å². The maximum absolute atomic E-state index is 12.0. The van der Waals surface area contributed by atoms with Gasteiger partial charge in [-0.3, -0.25) is 10.2 Å². The molecule has 0 radical (unpaired) electrons. The van der Waals surface area contributed by atoms with Gasteiger partial charge in [0.2, 0.25) is 0 Å². The first-order valence-electron chi connectivity index (χ1n) is 8.74. The van der Waals surface area contributed by atoms with E-state index in [9.17, 15) is 4.79 Å². The predicted octanol–water partition coefficient (Wildman–Crippen LogP) is 3.94. The Kier molecular flexibility index (Phi) is 4.86. The fraction of sp³-hybridized carbons (Fsp3) is 0. The molecular formula is C22H18N4O2. The van der Waals surface area contributed by atoms with E-state index in [0.29, 0.717) is 0 Å². The van der Waals surface area contributed by atoms with Gasteiger partial charge in [0.05, 0.1) is 11.4 Å². The average molecular weight is 370 g/mol. The van der Waals surface area contributed by atoms with E-state index in [1.54, 1.807) is 10.7 Å². The highest BCUT2D eigenvalue weighted by molar-refractivity contribution is 5.93. The molecule has 0 spiro atoms. The Hall–Kier alpha value is -3.90. The molecule has 1 amide bonds. The molecule has 6 heteroatoms. The zero-order valence-corrected chi connectivity index (χ0v) is 14.9. The lowest BCUT2D eigenvalue weighted by Gasteiger charge is -2.09. The van der Waals surface area contributed by atoms with Crippen molar-refractivity contribution in [2.75, 3.05) is 0 Å². The van der Waals surface area contributed by atoms with E-state index in [2.05, 4.69) is 10.5 Å². The molecule has 6 nitrogen and oxygen atoms in total. The summed E-state index contributed by atoms with van der Waals surface area (Å²) in [6.45, 7) is 0. The summed E-state index contributed by atoms with van der Waals surface area (Å²) in [5.74, 6) is 6.32. The number of nitrogens with one attached hydrogen (secondary N) is 1. The van der Waals surface area contributed by atoms with E-state index in [0.717, 1.165) is 28.4 Å². The number of amides is 1. The van der Waals surface area contributed by atoms with Gasteiger partial charge < -0.3 is 4.74 Å². The highest BCUT2D eigenvalue weighted by atomic mass is 16.5. The third kappa shape index (κ3) is 3.62. The smallest absolute Gasteiger partial charge is 0.285 e. The third-order valence-electron chi connectivity index (χ3n) is 4.20. The van der Waals surface area contributed by atoms with Gasteiger partial charge in [-0.25, -0.2) is 10.5 Å². The SMILES string of the molecule is NNC(=O)c1cc(-c2ccc(Oc3ccccc3)cc2)n(-c2ccccc2)n1. The molecule has 1 aromatic heterocycles. The monoisotopic (exact) mass is 370 g/mol. The summed E-state index contributed by atoms with van der Waals surface area (Å²) in [5.41, 5.74) is 4.88. The van der Waals surface area contributed by atoms with Crippen LogP contribution in [0.1, 0.15) is 10.5 Å². The Balaban J connectivity index is 1.69. The minimum absolute atomic E-state index is 0.242. The number of hydrazine groups is 1. The van der Waals surface area contributed by atoms with Gasteiger partial charge in [-0.15, -0.1) is 0 Å². The molecule has 1 heterocycles. The van der Waals surface area contributed by atoms with E-state index >= 15 is 0 Å². The maximum atomic E-state index is 12.0. The van der Waals surface area contributed by atoms with Crippen molar-refractivity contribution in [3.63, 3.8) is 0 Å². The number of nitrogens with zero attached hydrogens (tertiary/aromatic N) is 2. The molecule has 0 aliphatic heterocycles. The first-order chi connectivity index (χ1) is 13.7. The van der Waals surface area contributed by atoms with Gasteiger partial charge in [0.15, 0.2) is 5.69 Å². The number of nitrogen functional groups attached to an aromatic ring is 1. The normalized spacial score (nSPS) is 10.5. The molecular weight excluding hydrogens is 352 g/mol. The molecule has 0 fully saturated rings. The average Bonchev–Trinajstić information content (AvgIpc) is 3.21. The highest BCUT2D eigenvalue weighted by Crippen LogP contribution is 2.28. The Bertz CT molecular complexity index is 1070. The van der Waals surface area contributed by atoms with Crippen LogP contribution in [-0.4, -0.2) is 15.7 Å². The van der Waals surface area contributed by atoms with Crippen molar-refractivity contribution in [1.82, 2.24) is 15.2 Å². The molecule has 138 valence electrons. The van der Waals surface area contributed by atoms with E-state index in [1.165, 1.54) is 0 Å². The Morgan fingerprint density at radius 1 is 0.857 bits per heavy atom. The molecule has 0 saturated heterocycles. The van der Waals surface area contributed by atoms with E-state index in [4.69, 9.17) is 10.6 Å². The van der Waals surface area contributed by atoms with Crippen molar-refractivity contribution in [1.29, 1.82) is 0 Å². The van der Waals surface area contributed by atoms with Crippen molar-refractivity contribution in [3.05, 3.63) is 96.7 Å². The number of hydrogen-bond acceptors (Lipinski definition) is 4. The van der Waals surface area contributed by atoms with Gasteiger partial charge in [-0.1, -0.05) is 36.4 Å². The Morgan fingerprint density at radius 3 is 2.11 bits per heavy atom. The molecule has 0 atom stereocenters. The van der Waals surface area contributed by atoms with Gasteiger partial charge in [-0.2, -0.15) is 5.10 Å². The number of ether oxygens (including phenoxy) is 1. The number of rotatable bonds is 5. The zero-order chi connectivity index (χ0) is 19.3. The second-order valence-corrected chi connectivity index (χ2v) is 6.08. The summed E-state index contributed by atoms with van der Waals surface area (Å²) in [5, 5.41) is 4.41. The van der Waals surface area contributed by atoms with Crippen molar-refractivity contribution < 1.29 is 9.53 Å². The summed E-state index contributed by atoms with van der Waals surface area (Å²) in [7, 11) is 0. The molecule has 0 aliphatic carbocycles. The number of carbonyl (C=O) groups is 1. The summed E-state index contributed by atoms with van der Waals surface area (Å²) < 4.78 is 7.56. The summed E-state index contributed by atoms with van der Waals surface area (Å²) in [6.07, 6.45) is 0. The van der Waals surface area contributed by atoms with E-state index < -0.39 is 5.91 Å². The first-order valence-corrected chi connectivity index (χ1v) is 8.74. The molecule has 3 N–H and O–H groups in total. The van der Waals surface area contributed by atoms with E-state index in [-0.39, 0.29) is 5.69 Å². The van der Waals surface area contributed by atoms with Crippen LogP contribution < -0.4 is 16.0 Å². The standard InChI is InChI=1S/C22H18N4O2/c23-24-22(27)20-15-21(26(25-20)17-7-3-1-4-8-17)16-11-13-19(14-12-16)28-18-9-5-2-6-10-18/h1-15H,23H2,(H,24,27). The Morgan fingerprint density at radius 2 is 1.46 bits per heavy atom. The van der Waals surface area contributed by atoms with Crippen LogP contribution in [0.25, 0.3) is 16.9 Å². The molecule has 4 rings (SSSR count). The predicted molar refractivity (Wildman–Crippen MR) is 107 cm³/mol. The summed E-state index contributed by atoms with van der Waals surface area (Å²) in [4.78, 5) is 12.0. The van der Waals surface area contributed by atoms with Crippen molar-refractivity contribution in [3.8, 4) is 28.4 Å². The number of nitrogens with two attached hydrogens (primary N) is 1. The molecule has 3 aromatic carbocycles. The lowest BCUT2D eigenvalue weighted by molar-refractivity contribution is 0.0948. The lowest BCUT2D eigenvalue weighted by atomic mass is 10.1. The molecule has 0 saturated carbocycles. The first kappa shape index (κ1) is 17.5. The quantitative estimate of drug-likeness (QED) is 0.317. The lowest BCUT2D eigenvalue weighted by Crippen LogP contribution is -2.30. The number of para-hydroxylation sites is 2. The van der Waals surface area contributed by atoms with E-state index in [1.807, 2.05) is 84.9 Å². The number of carbonyl (C=O) groups excluding carboxylic acids is 1. The largest absolute Gasteiger partial charge is 0.457 e. The molecule has 0 aliphatic rings. The van der Waals surface area contributed by atoms with Gasteiger partial charge >= 0.3 is 0 Å². The van der Waals surface area contributed by atoms with Crippen LogP contribution in [-0.2, 0) is 0 Å². The molecule has 4 aromatic rings. The second kappa shape index (κ2) is 7.77. The summed E-state index contributed by atoms with van der Waals surface area (Å²) >= 11 is 0. The maximum Gasteiger partial charge on any atom is 0.285 e. The van der Waals surface area contributed by atoms with Crippen LogP contribution in [0, 0.1) is 0 Å². The number of benzene rings is 3. The number of hydrogen-bond donors (Lipinski definition) is 2.